The highest BCUT2D eigenvalue weighted by atomic mass is 32.1. The first-order valence-corrected chi connectivity index (χ1v) is 8.06. The molecule has 2 N–H and O–H groups in total. The van der Waals surface area contributed by atoms with Gasteiger partial charge in [0.1, 0.15) is 21.9 Å². The number of aromatic nitrogens is 2. The predicted molar refractivity (Wildman–Crippen MR) is 85.5 cm³/mol. The topological polar surface area (TPSA) is 75.1 Å². The molecule has 21 heavy (non-hydrogen) atoms. The lowest BCUT2D eigenvalue weighted by Crippen LogP contribution is -2.03. The van der Waals surface area contributed by atoms with Crippen LogP contribution in [-0.2, 0) is 6.54 Å². The molecule has 0 atom stereocenters. The summed E-state index contributed by atoms with van der Waals surface area (Å²) in [5, 5.41) is 17.5. The molecule has 0 saturated heterocycles. The van der Waals surface area contributed by atoms with Crippen LogP contribution < -0.4 is 5.32 Å². The van der Waals surface area contributed by atoms with E-state index in [-0.39, 0.29) is 0 Å². The molecule has 108 valence electrons. The zero-order valence-corrected chi connectivity index (χ0v) is 13.1. The molecular formula is C14H13N3O2S2. The normalized spacial score (nSPS) is 11.0. The van der Waals surface area contributed by atoms with Gasteiger partial charge in [-0.2, -0.15) is 11.3 Å². The second-order valence-electron chi connectivity index (χ2n) is 4.70. The molecular weight excluding hydrogens is 306 g/mol. The summed E-state index contributed by atoms with van der Waals surface area (Å²) in [7, 11) is 0. The number of carbonyl (C=O) groups is 1. The third-order valence-corrected chi connectivity index (χ3v) is 5.43. The first-order valence-electron chi connectivity index (χ1n) is 6.31. The van der Waals surface area contributed by atoms with E-state index in [0.717, 1.165) is 5.39 Å². The SMILES string of the molecule is Cc1cscc1CNc1ncnc2sc(C(=O)O)c(C)c12. The highest BCUT2D eigenvalue weighted by Gasteiger charge is 2.18. The van der Waals surface area contributed by atoms with Crippen LogP contribution >= 0.6 is 22.7 Å². The smallest absolute Gasteiger partial charge is 0.346 e. The summed E-state index contributed by atoms with van der Waals surface area (Å²) >= 11 is 2.85. The minimum Gasteiger partial charge on any atom is -0.477 e. The van der Waals surface area contributed by atoms with Crippen molar-refractivity contribution in [2.24, 2.45) is 0 Å². The van der Waals surface area contributed by atoms with Crippen molar-refractivity contribution >= 4 is 44.7 Å². The second-order valence-corrected chi connectivity index (χ2v) is 6.44. The average Bonchev–Trinajstić information content (AvgIpc) is 3.01. The van der Waals surface area contributed by atoms with E-state index >= 15 is 0 Å². The summed E-state index contributed by atoms with van der Waals surface area (Å²) < 4.78 is 0. The van der Waals surface area contributed by atoms with Crippen LogP contribution in [0.5, 0.6) is 0 Å². The molecule has 0 aromatic carbocycles. The molecule has 0 aliphatic carbocycles. The quantitative estimate of drug-likeness (QED) is 0.767. The number of nitrogens with one attached hydrogen (secondary N) is 1. The van der Waals surface area contributed by atoms with Gasteiger partial charge < -0.3 is 10.4 Å². The summed E-state index contributed by atoms with van der Waals surface area (Å²) in [4.78, 5) is 20.7. The fourth-order valence-electron chi connectivity index (χ4n) is 2.16. The third-order valence-electron chi connectivity index (χ3n) is 3.33. The van der Waals surface area contributed by atoms with Gasteiger partial charge in [-0.05, 0) is 41.3 Å². The van der Waals surface area contributed by atoms with Gasteiger partial charge in [0.25, 0.3) is 0 Å². The van der Waals surface area contributed by atoms with Gasteiger partial charge in [0.15, 0.2) is 0 Å². The van der Waals surface area contributed by atoms with Crippen LogP contribution in [0.1, 0.15) is 26.4 Å². The molecule has 3 rings (SSSR count). The molecule has 0 fully saturated rings. The van der Waals surface area contributed by atoms with Crippen LogP contribution in [0.3, 0.4) is 0 Å². The van der Waals surface area contributed by atoms with Gasteiger partial charge in [-0.1, -0.05) is 0 Å². The van der Waals surface area contributed by atoms with Gasteiger partial charge in [0.2, 0.25) is 0 Å². The molecule has 3 heterocycles. The standard InChI is InChI=1S/C14H13N3O2S2/c1-7-4-20-5-9(7)3-15-12-10-8(2)11(14(18)19)21-13(10)17-6-16-12/h4-6H,3H2,1-2H3,(H,18,19)(H,15,16,17). The number of carboxylic acids is 1. The zero-order chi connectivity index (χ0) is 15.0. The Morgan fingerprint density at radius 3 is 2.81 bits per heavy atom. The van der Waals surface area contributed by atoms with E-state index in [1.54, 1.807) is 18.3 Å². The number of hydrogen-bond acceptors (Lipinski definition) is 6. The summed E-state index contributed by atoms with van der Waals surface area (Å²) in [5.74, 6) is -0.234. The zero-order valence-electron chi connectivity index (χ0n) is 11.5. The maximum absolute atomic E-state index is 11.2. The number of thiophene rings is 2. The van der Waals surface area contributed by atoms with Crippen molar-refractivity contribution in [1.82, 2.24) is 9.97 Å². The minimum absolute atomic E-state index is 0.320. The number of aromatic carboxylic acids is 1. The first kappa shape index (κ1) is 14.0. The molecule has 0 amide bonds. The lowest BCUT2D eigenvalue weighted by molar-refractivity contribution is 0.0701. The lowest BCUT2D eigenvalue weighted by atomic mass is 10.2. The molecule has 0 aliphatic rings. The summed E-state index contributed by atoms with van der Waals surface area (Å²) in [6.45, 7) is 4.53. The molecule has 0 aliphatic heterocycles. The number of anilines is 1. The minimum atomic E-state index is -0.921. The van der Waals surface area contributed by atoms with Crippen LogP contribution in [0.25, 0.3) is 10.2 Å². The third kappa shape index (κ3) is 2.50. The highest BCUT2D eigenvalue weighted by Crippen LogP contribution is 2.33. The molecule has 0 radical (unpaired) electrons. The van der Waals surface area contributed by atoms with E-state index in [1.165, 1.54) is 28.8 Å². The van der Waals surface area contributed by atoms with Crippen molar-refractivity contribution in [3.05, 3.63) is 38.7 Å². The van der Waals surface area contributed by atoms with Crippen molar-refractivity contribution in [2.45, 2.75) is 20.4 Å². The van der Waals surface area contributed by atoms with Gasteiger partial charge in [-0.25, -0.2) is 14.8 Å². The van der Waals surface area contributed by atoms with E-state index in [4.69, 9.17) is 0 Å². The number of nitrogens with zero attached hydrogens (tertiary/aromatic N) is 2. The van der Waals surface area contributed by atoms with Crippen molar-refractivity contribution in [1.29, 1.82) is 0 Å². The fraction of sp³-hybridized carbons (Fsp3) is 0.214. The molecule has 0 bridgehead atoms. The van der Waals surface area contributed by atoms with Crippen molar-refractivity contribution in [2.75, 3.05) is 5.32 Å². The number of rotatable bonds is 4. The van der Waals surface area contributed by atoms with E-state index < -0.39 is 5.97 Å². The Morgan fingerprint density at radius 1 is 1.33 bits per heavy atom. The Labute approximate surface area is 129 Å². The highest BCUT2D eigenvalue weighted by molar-refractivity contribution is 7.20. The second kappa shape index (κ2) is 5.42. The molecule has 5 nitrogen and oxygen atoms in total. The maximum atomic E-state index is 11.2. The van der Waals surface area contributed by atoms with Crippen LogP contribution in [0.4, 0.5) is 5.82 Å². The van der Waals surface area contributed by atoms with Crippen LogP contribution in [0.2, 0.25) is 0 Å². The van der Waals surface area contributed by atoms with Gasteiger partial charge in [-0.3, -0.25) is 0 Å². The van der Waals surface area contributed by atoms with Crippen LogP contribution in [0, 0.1) is 13.8 Å². The van der Waals surface area contributed by atoms with E-state index in [2.05, 4.69) is 33.0 Å². The summed E-state index contributed by atoms with van der Waals surface area (Å²) in [5.41, 5.74) is 3.18. The Bertz CT molecular complexity index is 823. The van der Waals surface area contributed by atoms with Gasteiger partial charge >= 0.3 is 5.97 Å². The molecule has 3 aromatic rings. The monoisotopic (exact) mass is 319 g/mol. The Hall–Kier alpha value is -1.99. The molecule has 0 saturated carbocycles. The van der Waals surface area contributed by atoms with Gasteiger partial charge in [0, 0.05) is 6.54 Å². The molecule has 0 unspecified atom stereocenters. The maximum Gasteiger partial charge on any atom is 0.346 e. The number of carboxylic acid groups (broad SMARTS) is 1. The van der Waals surface area contributed by atoms with E-state index in [0.29, 0.717) is 27.6 Å². The molecule has 0 spiro atoms. The average molecular weight is 319 g/mol. The van der Waals surface area contributed by atoms with Crippen molar-refractivity contribution in [3.8, 4) is 0 Å². The number of hydrogen-bond donors (Lipinski definition) is 2. The Morgan fingerprint density at radius 2 is 2.14 bits per heavy atom. The van der Waals surface area contributed by atoms with Crippen molar-refractivity contribution < 1.29 is 9.90 Å². The first-order chi connectivity index (χ1) is 10.1. The Kier molecular flexibility index (Phi) is 3.60. The fourth-order valence-corrected chi connectivity index (χ4v) is 4.00. The van der Waals surface area contributed by atoms with E-state index in [9.17, 15) is 9.90 Å². The summed E-state index contributed by atoms with van der Waals surface area (Å²) in [6, 6.07) is 0. The largest absolute Gasteiger partial charge is 0.477 e. The van der Waals surface area contributed by atoms with E-state index in [1.807, 2.05) is 0 Å². The van der Waals surface area contributed by atoms with Crippen molar-refractivity contribution in [3.63, 3.8) is 0 Å². The van der Waals surface area contributed by atoms with Crippen LogP contribution in [-0.4, -0.2) is 21.0 Å². The Balaban J connectivity index is 1.99. The predicted octanol–water partition coefficient (Wildman–Crippen LogP) is 3.68. The number of fused-ring (bicyclic) bond motifs is 1. The summed E-state index contributed by atoms with van der Waals surface area (Å²) in [6.07, 6.45) is 1.46. The number of aryl methyl sites for hydroxylation is 2. The van der Waals surface area contributed by atoms with Crippen LogP contribution in [0.15, 0.2) is 17.1 Å². The lowest BCUT2D eigenvalue weighted by Gasteiger charge is -2.07. The van der Waals surface area contributed by atoms with Gasteiger partial charge in [-0.15, -0.1) is 11.3 Å². The molecule has 7 heteroatoms. The van der Waals surface area contributed by atoms with Gasteiger partial charge in [0.05, 0.1) is 5.39 Å². The molecule has 3 aromatic heterocycles.